The second-order valence-corrected chi connectivity index (χ2v) is 7.39. The number of carbonyl (C=O) groups is 1. The molecule has 0 aliphatic heterocycles. The molecule has 0 radical (unpaired) electrons. The van der Waals surface area contributed by atoms with E-state index in [0.29, 0.717) is 5.56 Å². The van der Waals surface area contributed by atoms with Crippen molar-refractivity contribution in [3.8, 4) is 0 Å². The van der Waals surface area contributed by atoms with Crippen molar-refractivity contribution in [3.05, 3.63) is 15.8 Å². The summed E-state index contributed by atoms with van der Waals surface area (Å²) in [7, 11) is -2.49. The van der Waals surface area contributed by atoms with Crippen molar-refractivity contribution in [2.75, 3.05) is 7.11 Å². The van der Waals surface area contributed by atoms with Crippen LogP contribution in [0.5, 0.6) is 0 Å². The minimum Gasteiger partial charge on any atom is -0.465 e. The van der Waals surface area contributed by atoms with Crippen molar-refractivity contribution in [3.63, 3.8) is 0 Å². The van der Waals surface area contributed by atoms with Gasteiger partial charge in [0.15, 0.2) is 0 Å². The van der Waals surface area contributed by atoms with Crippen molar-refractivity contribution in [1.29, 1.82) is 0 Å². The smallest absolute Gasteiger partial charge is 0.349 e. The summed E-state index contributed by atoms with van der Waals surface area (Å²) in [6.07, 6.45) is 0.871. The molecule has 0 saturated carbocycles. The molecular formula is C13H21NO4S2. The summed E-state index contributed by atoms with van der Waals surface area (Å²) in [5.41, 5.74) is 0.555. The maximum atomic E-state index is 12.5. The van der Waals surface area contributed by atoms with Crippen LogP contribution in [-0.2, 0) is 14.8 Å². The fourth-order valence-electron chi connectivity index (χ4n) is 1.77. The van der Waals surface area contributed by atoms with Crippen molar-refractivity contribution in [2.45, 2.75) is 45.1 Å². The van der Waals surface area contributed by atoms with Crippen LogP contribution < -0.4 is 4.72 Å². The van der Waals surface area contributed by atoms with E-state index >= 15 is 0 Å². The molecule has 2 atom stereocenters. The number of methoxy groups -OCH3 is 1. The number of hydrogen-bond acceptors (Lipinski definition) is 5. The maximum Gasteiger partial charge on any atom is 0.349 e. The molecule has 0 saturated heterocycles. The number of rotatable bonds is 6. The van der Waals surface area contributed by atoms with Crippen LogP contribution in [0.4, 0.5) is 0 Å². The summed E-state index contributed by atoms with van der Waals surface area (Å²) >= 11 is 1.08. The van der Waals surface area contributed by atoms with Gasteiger partial charge in [-0.25, -0.2) is 17.9 Å². The van der Waals surface area contributed by atoms with E-state index in [1.165, 1.54) is 7.11 Å². The Morgan fingerprint density at radius 2 is 2.05 bits per heavy atom. The fraction of sp³-hybridized carbons (Fsp3) is 0.615. The Labute approximate surface area is 124 Å². The van der Waals surface area contributed by atoms with Gasteiger partial charge in [-0.2, -0.15) is 0 Å². The van der Waals surface area contributed by atoms with Gasteiger partial charge in [-0.1, -0.05) is 20.3 Å². The summed E-state index contributed by atoms with van der Waals surface area (Å²) in [4.78, 5) is 11.8. The molecule has 0 aromatic carbocycles. The first-order valence-corrected chi connectivity index (χ1v) is 8.79. The number of thiophene rings is 1. The van der Waals surface area contributed by atoms with Crippen LogP contribution in [0.3, 0.4) is 0 Å². The molecule has 2 unspecified atom stereocenters. The van der Waals surface area contributed by atoms with Gasteiger partial charge < -0.3 is 4.74 Å². The third-order valence-corrected chi connectivity index (χ3v) is 6.35. The molecule has 0 aliphatic rings. The van der Waals surface area contributed by atoms with E-state index in [9.17, 15) is 13.2 Å². The third kappa shape index (κ3) is 3.59. The lowest BCUT2D eigenvalue weighted by atomic mass is 10.0. The average molecular weight is 319 g/mol. The Kier molecular flexibility index (Phi) is 5.73. The van der Waals surface area contributed by atoms with Crippen molar-refractivity contribution in [1.82, 2.24) is 4.72 Å². The predicted octanol–water partition coefficient (Wildman–Crippen LogP) is 2.56. The lowest BCUT2D eigenvalue weighted by Crippen LogP contribution is -2.37. The predicted molar refractivity (Wildman–Crippen MR) is 79.6 cm³/mol. The standard InChI is InChI=1S/C13H21NO4S2/c1-6-8(2)10(4)14-20(16,17)12-9(3)7-19-11(12)13(15)18-5/h7-8,10,14H,6H2,1-5H3. The van der Waals surface area contributed by atoms with Gasteiger partial charge in [0.2, 0.25) is 10.0 Å². The van der Waals surface area contributed by atoms with Gasteiger partial charge in [-0.15, -0.1) is 11.3 Å². The Morgan fingerprint density at radius 1 is 1.45 bits per heavy atom. The van der Waals surface area contributed by atoms with Gasteiger partial charge in [0.05, 0.1) is 7.11 Å². The molecule has 1 heterocycles. The minimum atomic E-state index is -3.73. The van der Waals surface area contributed by atoms with Crippen LogP contribution in [0.1, 0.15) is 42.4 Å². The lowest BCUT2D eigenvalue weighted by Gasteiger charge is -2.20. The lowest BCUT2D eigenvalue weighted by molar-refractivity contribution is 0.0602. The van der Waals surface area contributed by atoms with Gasteiger partial charge >= 0.3 is 5.97 Å². The van der Waals surface area contributed by atoms with E-state index in [0.717, 1.165) is 17.8 Å². The molecule has 7 heteroatoms. The SMILES string of the molecule is CCC(C)C(C)NS(=O)(=O)c1c(C)csc1C(=O)OC. The van der Waals surface area contributed by atoms with Crippen LogP contribution in [0.25, 0.3) is 0 Å². The van der Waals surface area contributed by atoms with E-state index in [1.807, 2.05) is 20.8 Å². The zero-order valence-electron chi connectivity index (χ0n) is 12.4. The summed E-state index contributed by atoms with van der Waals surface area (Å²) in [5.74, 6) is -0.412. The van der Waals surface area contributed by atoms with Gasteiger partial charge in [0, 0.05) is 6.04 Å². The number of hydrogen-bond donors (Lipinski definition) is 1. The quantitative estimate of drug-likeness (QED) is 0.818. The number of aryl methyl sites for hydroxylation is 1. The second-order valence-electron chi connectivity index (χ2n) is 4.86. The van der Waals surface area contributed by atoms with Gasteiger partial charge in [0.1, 0.15) is 9.77 Å². The average Bonchev–Trinajstić information content (AvgIpc) is 2.78. The first kappa shape index (κ1) is 17.1. The number of carbonyl (C=O) groups excluding carboxylic acids is 1. The normalized spacial score (nSPS) is 14.8. The zero-order valence-corrected chi connectivity index (χ0v) is 14.0. The minimum absolute atomic E-state index is 0.0319. The molecule has 0 aliphatic carbocycles. The number of nitrogens with one attached hydrogen (secondary N) is 1. The fourth-order valence-corrected chi connectivity index (χ4v) is 4.83. The third-order valence-electron chi connectivity index (χ3n) is 3.40. The Morgan fingerprint density at radius 3 is 2.55 bits per heavy atom. The van der Waals surface area contributed by atoms with Gasteiger partial charge in [-0.3, -0.25) is 0 Å². The number of sulfonamides is 1. The van der Waals surface area contributed by atoms with Crippen molar-refractivity contribution in [2.24, 2.45) is 5.92 Å². The van der Waals surface area contributed by atoms with E-state index in [-0.39, 0.29) is 21.7 Å². The first-order valence-electron chi connectivity index (χ1n) is 6.43. The number of ether oxygens (including phenoxy) is 1. The number of esters is 1. The molecule has 1 N–H and O–H groups in total. The van der Waals surface area contributed by atoms with Crippen LogP contribution >= 0.6 is 11.3 Å². The zero-order chi connectivity index (χ0) is 15.5. The molecule has 1 aromatic heterocycles. The van der Waals surface area contributed by atoms with Gasteiger partial charge in [0.25, 0.3) is 0 Å². The van der Waals surface area contributed by atoms with Crippen molar-refractivity contribution >= 4 is 27.3 Å². The van der Waals surface area contributed by atoms with E-state index < -0.39 is 16.0 Å². The van der Waals surface area contributed by atoms with E-state index in [2.05, 4.69) is 9.46 Å². The van der Waals surface area contributed by atoms with Crippen LogP contribution in [0.2, 0.25) is 0 Å². The van der Waals surface area contributed by atoms with Gasteiger partial charge in [-0.05, 0) is 30.7 Å². The van der Waals surface area contributed by atoms with Crippen LogP contribution in [0, 0.1) is 12.8 Å². The summed E-state index contributed by atoms with van der Waals surface area (Å²) in [6, 6.07) is -0.199. The van der Waals surface area contributed by atoms with E-state index in [1.54, 1.807) is 12.3 Å². The highest BCUT2D eigenvalue weighted by Crippen LogP contribution is 2.28. The molecule has 0 amide bonds. The Bertz CT molecular complexity index is 577. The van der Waals surface area contributed by atoms with Crippen molar-refractivity contribution < 1.29 is 17.9 Å². The molecule has 114 valence electrons. The molecule has 20 heavy (non-hydrogen) atoms. The molecule has 1 rings (SSSR count). The van der Waals surface area contributed by atoms with Crippen LogP contribution in [-0.4, -0.2) is 27.5 Å². The van der Waals surface area contributed by atoms with E-state index in [4.69, 9.17) is 0 Å². The Hall–Kier alpha value is -0.920. The topological polar surface area (TPSA) is 72.5 Å². The highest BCUT2D eigenvalue weighted by Gasteiger charge is 2.29. The summed E-state index contributed by atoms with van der Waals surface area (Å²) < 4.78 is 32.2. The maximum absolute atomic E-state index is 12.5. The molecular weight excluding hydrogens is 298 g/mol. The first-order chi connectivity index (χ1) is 9.24. The largest absolute Gasteiger partial charge is 0.465 e. The highest BCUT2D eigenvalue weighted by molar-refractivity contribution is 7.89. The molecule has 0 fully saturated rings. The van der Waals surface area contributed by atoms with Crippen LogP contribution in [0.15, 0.2) is 10.3 Å². The molecule has 1 aromatic rings. The summed E-state index contributed by atoms with van der Waals surface area (Å²) in [6.45, 7) is 7.48. The molecule has 5 nitrogen and oxygen atoms in total. The second kappa shape index (κ2) is 6.69. The monoisotopic (exact) mass is 319 g/mol. The molecule has 0 bridgehead atoms. The highest BCUT2D eigenvalue weighted by atomic mass is 32.2. The Balaban J connectivity index is 3.16. The molecule has 0 spiro atoms. The summed E-state index contributed by atoms with van der Waals surface area (Å²) in [5, 5.41) is 1.65.